The van der Waals surface area contributed by atoms with Gasteiger partial charge < -0.3 is 10.2 Å². The predicted molar refractivity (Wildman–Crippen MR) is 76.7 cm³/mol. The smallest absolute Gasteiger partial charge is 0.147 e. The maximum Gasteiger partial charge on any atom is 0.147 e. The fourth-order valence-electron chi connectivity index (χ4n) is 1.59. The molecule has 1 heterocycles. The summed E-state index contributed by atoms with van der Waals surface area (Å²) in [6.45, 7) is 14.8. The summed E-state index contributed by atoms with van der Waals surface area (Å²) in [5.41, 5.74) is 2.10. The molecule has 0 aromatic carbocycles. The Bertz CT molecular complexity index is 370. The highest BCUT2D eigenvalue weighted by atomic mass is 15.2. The summed E-state index contributed by atoms with van der Waals surface area (Å²) in [6, 6.07) is 0.460. The molecule has 0 fully saturated rings. The second kappa shape index (κ2) is 7.11. The van der Waals surface area contributed by atoms with Crippen LogP contribution in [0.3, 0.4) is 0 Å². The van der Waals surface area contributed by atoms with Gasteiger partial charge in [0, 0.05) is 25.7 Å². The molecule has 0 spiro atoms. The van der Waals surface area contributed by atoms with E-state index in [0.717, 1.165) is 36.7 Å². The van der Waals surface area contributed by atoms with Gasteiger partial charge in [-0.25, -0.2) is 4.98 Å². The number of nitrogens with zero attached hydrogens (tertiary/aromatic N) is 3. The molecule has 1 rings (SSSR count). The van der Waals surface area contributed by atoms with E-state index in [1.54, 1.807) is 0 Å². The van der Waals surface area contributed by atoms with Crippen LogP contribution >= 0.6 is 0 Å². The van der Waals surface area contributed by atoms with Crippen LogP contribution in [0.15, 0.2) is 24.5 Å². The third-order valence-corrected chi connectivity index (χ3v) is 2.55. The van der Waals surface area contributed by atoms with Crippen molar-refractivity contribution in [3.63, 3.8) is 0 Å². The molecule has 0 saturated carbocycles. The van der Waals surface area contributed by atoms with E-state index >= 15 is 0 Å². The minimum absolute atomic E-state index is 0.460. The van der Waals surface area contributed by atoms with Crippen molar-refractivity contribution in [3.05, 3.63) is 30.2 Å². The maximum atomic E-state index is 4.46. The summed E-state index contributed by atoms with van der Waals surface area (Å²) >= 11 is 0. The van der Waals surface area contributed by atoms with Crippen LogP contribution < -0.4 is 10.2 Å². The molecule has 100 valence electrons. The van der Waals surface area contributed by atoms with E-state index in [9.17, 15) is 0 Å². The first-order chi connectivity index (χ1) is 8.52. The minimum Gasteiger partial charge on any atom is -0.352 e. The first-order valence-corrected chi connectivity index (χ1v) is 6.46. The highest BCUT2D eigenvalue weighted by Crippen LogP contribution is 2.10. The Morgan fingerprint density at radius 2 is 2.11 bits per heavy atom. The van der Waals surface area contributed by atoms with E-state index in [4.69, 9.17) is 0 Å². The zero-order chi connectivity index (χ0) is 13.5. The fourth-order valence-corrected chi connectivity index (χ4v) is 1.59. The first-order valence-electron chi connectivity index (χ1n) is 6.46. The topological polar surface area (TPSA) is 41.1 Å². The number of anilines is 1. The highest BCUT2D eigenvalue weighted by Gasteiger charge is 2.06. The Labute approximate surface area is 110 Å². The van der Waals surface area contributed by atoms with Crippen LogP contribution in [0, 0.1) is 0 Å². The largest absolute Gasteiger partial charge is 0.352 e. The Morgan fingerprint density at radius 1 is 1.39 bits per heavy atom. The molecule has 18 heavy (non-hydrogen) atoms. The summed E-state index contributed by atoms with van der Waals surface area (Å²) in [5.74, 6) is 0.911. The monoisotopic (exact) mass is 248 g/mol. The molecule has 0 aliphatic rings. The van der Waals surface area contributed by atoms with Crippen LogP contribution in [-0.4, -0.2) is 29.1 Å². The average molecular weight is 248 g/mol. The second-order valence-electron chi connectivity index (χ2n) is 4.87. The van der Waals surface area contributed by atoms with Gasteiger partial charge in [-0.05, 0) is 13.8 Å². The van der Waals surface area contributed by atoms with Gasteiger partial charge in [-0.15, -0.1) is 0 Å². The van der Waals surface area contributed by atoms with Crippen molar-refractivity contribution in [2.75, 3.05) is 18.0 Å². The molecule has 0 aliphatic heterocycles. The SMILES string of the molecule is C=C(C)CN(CC)c1cnc(CNC(C)C)cn1. The Kier molecular flexibility index (Phi) is 5.78. The second-order valence-corrected chi connectivity index (χ2v) is 4.87. The maximum absolute atomic E-state index is 4.46. The van der Waals surface area contributed by atoms with Crippen molar-refractivity contribution in [1.29, 1.82) is 0 Å². The fraction of sp³-hybridized carbons (Fsp3) is 0.571. The Balaban J connectivity index is 2.65. The standard InChI is InChI=1S/C14H24N4/c1-6-18(10-11(2)3)14-9-16-13(8-17-14)7-15-12(4)5/h8-9,12,15H,2,6-7,10H2,1,3-5H3. The molecule has 0 saturated heterocycles. The minimum atomic E-state index is 0.460. The van der Waals surface area contributed by atoms with Crippen molar-refractivity contribution >= 4 is 5.82 Å². The molecule has 0 unspecified atom stereocenters. The lowest BCUT2D eigenvalue weighted by Gasteiger charge is -2.21. The molecule has 0 aliphatic carbocycles. The van der Waals surface area contributed by atoms with E-state index in [1.807, 2.05) is 19.3 Å². The molecule has 4 nitrogen and oxygen atoms in total. The molecule has 0 bridgehead atoms. The number of aromatic nitrogens is 2. The molecule has 1 aromatic heterocycles. The van der Waals surface area contributed by atoms with Crippen LogP contribution in [0.4, 0.5) is 5.82 Å². The Morgan fingerprint density at radius 3 is 2.56 bits per heavy atom. The average Bonchev–Trinajstić information content (AvgIpc) is 2.34. The molecule has 0 atom stereocenters. The van der Waals surface area contributed by atoms with Crippen molar-refractivity contribution in [2.24, 2.45) is 0 Å². The summed E-state index contributed by atoms with van der Waals surface area (Å²) in [5, 5.41) is 3.33. The van der Waals surface area contributed by atoms with Crippen molar-refractivity contribution in [2.45, 2.75) is 40.3 Å². The number of hydrogen-bond acceptors (Lipinski definition) is 4. The summed E-state index contributed by atoms with van der Waals surface area (Å²) in [4.78, 5) is 11.1. The summed E-state index contributed by atoms with van der Waals surface area (Å²) in [7, 11) is 0. The lowest BCUT2D eigenvalue weighted by atomic mass is 10.3. The normalized spacial score (nSPS) is 10.7. The van der Waals surface area contributed by atoms with Crippen LogP contribution in [0.2, 0.25) is 0 Å². The quantitative estimate of drug-likeness (QED) is 0.752. The van der Waals surface area contributed by atoms with Crippen LogP contribution in [0.1, 0.15) is 33.4 Å². The van der Waals surface area contributed by atoms with Gasteiger partial charge in [-0.2, -0.15) is 0 Å². The van der Waals surface area contributed by atoms with E-state index in [-0.39, 0.29) is 0 Å². The number of likely N-dealkylation sites (N-methyl/N-ethyl adjacent to an activating group) is 1. The van der Waals surface area contributed by atoms with E-state index in [2.05, 4.69) is 47.5 Å². The molecule has 0 amide bonds. The van der Waals surface area contributed by atoms with E-state index in [1.165, 1.54) is 0 Å². The van der Waals surface area contributed by atoms with Crippen LogP contribution in [0.25, 0.3) is 0 Å². The van der Waals surface area contributed by atoms with Crippen molar-refractivity contribution in [1.82, 2.24) is 15.3 Å². The molecular weight excluding hydrogens is 224 g/mol. The summed E-state index contributed by atoms with van der Waals surface area (Å²) in [6.07, 6.45) is 3.68. The van der Waals surface area contributed by atoms with Gasteiger partial charge in [0.1, 0.15) is 5.82 Å². The van der Waals surface area contributed by atoms with Crippen LogP contribution in [0.5, 0.6) is 0 Å². The molecular formula is C14H24N4. The third kappa shape index (κ3) is 4.84. The van der Waals surface area contributed by atoms with Gasteiger partial charge in [0.15, 0.2) is 0 Å². The highest BCUT2D eigenvalue weighted by molar-refractivity contribution is 5.37. The lowest BCUT2D eigenvalue weighted by molar-refractivity contribution is 0.580. The van der Waals surface area contributed by atoms with Gasteiger partial charge in [0.25, 0.3) is 0 Å². The van der Waals surface area contributed by atoms with E-state index < -0.39 is 0 Å². The van der Waals surface area contributed by atoms with Gasteiger partial charge >= 0.3 is 0 Å². The number of hydrogen-bond donors (Lipinski definition) is 1. The molecule has 0 radical (unpaired) electrons. The van der Waals surface area contributed by atoms with Crippen LogP contribution in [-0.2, 0) is 6.54 Å². The van der Waals surface area contributed by atoms with Gasteiger partial charge in [-0.1, -0.05) is 26.0 Å². The van der Waals surface area contributed by atoms with Gasteiger partial charge in [0.05, 0.1) is 18.1 Å². The number of rotatable bonds is 7. The van der Waals surface area contributed by atoms with Crippen molar-refractivity contribution < 1.29 is 0 Å². The predicted octanol–water partition coefficient (Wildman–Crippen LogP) is 2.38. The van der Waals surface area contributed by atoms with Crippen molar-refractivity contribution in [3.8, 4) is 0 Å². The first kappa shape index (κ1) is 14.6. The summed E-state index contributed by atoms with van der Waals surface area (Å²) < 4.78 is 0. The molecule has 1 aromatic rings. The van der Waals surface area contributed by atoms with Gasteiger partial charge in [0.2, 0.25) is 0 Å². The zero-order valence-electron chi connectivity index (χ0n) is 11.9. The third-order valence-electron chi connectivity index (χ3n) is 2.55. The Hall–Kier alpha value is -1.42. The molecule has 4 heteroatoms. The zero-order valence-corrected chi connectivity index (χ0v) is 11.9. The molecule has 1 N–H and O–H groups in total. The van der Waals surface area contributed by atoms with Gasteiger partial charge in [-0.3, -0.25) is 4.98 Å². The number of nitrogens with one attached hydrogen (secondary N) is 1. The van der Waals surface area contributed by atoms with E-state index in [0.29, 0.717) is 6.04 Å². The lowest BCUT2D eigenvalue weighted by Crippen LogP contribution is -2.26.